The molecule has 1 fully saturated rings. The van der Waals surface area contributed by atoms with Crippen molar-refractivity contribution >= 4 is 51.8 Å². The molecule has 12 atom stereocenters. The SMILES string of the molecule is CO[C@H]1/C=C/O[C@@]2(C)Oc3c(C)c(O)c4c(O)c(c(SCCNC(=O)COC[C@H]5O[C@@H](n6cc(C)c(=O)[nH]c6=O)C[C@@H]5N=[N+]=[N-])c(O)c4c3C2=O)NC(=O)/C(C)=C\C=C\[C@H](C)[C@H](O)[C@@H](C)[C@@H](O)[C@@H](C)[C@H](OC(C)=O)[C@@H]1C. The molecule has 3 aromatic rings. The molecular weight excluding hydrogens is 1010 g/mol. The topological polar surface area (TPSA) is 352 Å². The number of azide groups is 1. The molecule has 0 spiro atoms. The maximum absolute atomic E-state index is 14.6. The molecule has 412 valence electrons. The molecule has 25 heteroatoms. The number of anilines is 1. The molecule has 0 unspecified atom stereocenters. The summed E-state index contributed by atoms with van der Waals surface area (Å²) in [5, 5.41) is 67.3. The van der Waals surface area contributed by atoms with Gasteiger partial charge in [-0.1, -0.05) is 51.0 Å². The average molecular weight is 1080 g/mol. The lowest BCUT2D eigenvalue weighted by molar-refractivity contribution is -0.160. The maximum Gasteiger partial charge on any atom is 0.330 e. The van der Waals surface area contributed by atoms with Gasteiger partial charge in [0.2, 0.25) is 5.91 Å². The molecule has 8 N–H and O–H groups in total. The Labute approximate surface area is 440 Å². The molecule has 0 saturated carbocycles. The Balaban J connectivity index is 1.30. The summed E-state index contributed by atoms with van der Waals surface area (Å²) in [4.78, 5) is 83.2. The summed E-state index contributed by atoms with van der Waals surface area (Å²) in [6.07, 6.45) is 2.73. The van der Waals surface area contributed by atoms with Gasteiger partial charge in [-0.3, -0.25) is 33.5 Å². The number of aromatic hydroxyl groups is 3. The maximum atomic E-state index is 14.6. The van der Waals surface area contributed by atoms with E-state index in [0.717, 1.165) is 18.0 Å². The number of methoxy groups -OCH3 is 1. The van der Waals surface area contributed by atoms with E-state index in [1.165, 1.54) is 70.7 Å². The van der Waals surface area contributed by atoms with E-state index in [2.05, 4.69) is 25.6 Å². The van der Waals surface area contributed by atoms with Gasteiger partial charge in [0.05, 0.1) is 59.2 Å². The van der Waals surface area contributed by atoms with E-state index in [4.69, 9.17) is 34.0 Å². The summed E-state index contributed by atoms with van der Waals surface area (Å²) in [6.45, 7) is 12.9. The quantitative estimate of drug-likeness (QED) is 0.0176. The number of aryl methyl sites for hydroxylation is 1. The van der Waals surface area contributed by atoms with Crippen LogP contribution >= 0.6 is 11.8 Å². The summed E-state index contributed by atoms with van der Waals surface area (Å²) < 4.78 is 36.3. The van der Waals surface area contributed by atoms with Gasteiger partial charge in [0, 0.05) is 96.5 Å². The fraction of sp³-hybridized carbons (Fsp3) is 0.529. The number of carbonyl (C=O) groups excluding carboxylic acids is 4. The number of nitrogens with zero attached hydrogens (tertiary/aromatic N) is 4. The lowest BCUT2D eigenvalue weighted by atomic mass is 9.78. The highest BCUT2D eigenvalue weighted by Crippen LogP contribution is 2.57. The highest BCUT2D eigenvalue weighted by Gasteiger charge is 2.50. The second-order valence-electron chi connectivity index (χ2n) is 19.4. The molecule has 5 heterocycles. The number of Topliss-reactive ketones (excluding diaryl/α,β-unsaturated/α-hetero) is 1. The summed E-state index contributed by atoms with van der Waals surface area (Å²) >= 11 is 0.868. The Morgan fingerprint density at radius 2 is 1.71 bits per heavy atom. The molecule has 7 rings (SSSR count). The third-order valence-corrected chi connectivity index (χ3v) is 15.1. The molecule has 5 bridgehead atoms. The monoisotopic (exact) mass is 1080 g/mol. The van der Waals surface area contributed by atoms with Crippen LogP contribution in [0.25, 0.3) is 21.2 Å². The minimum Gasteiger partial charge on any atom is -0.507 e. The summed E-state index contributed by atoms with van der Waals surface area (Å²) in [5.41, 5.74) is 7.59. The van der Waals surface area contributed by atoms with Crippen LogP contribution < -0.4 is 26.6 Å². The van der Waals surface area contributed by atoms with Crippen molar-refractivity contribution < 1.29 is 73.1 Å². The number of ketones is 1. The zero-order valence-electron chi connectivity index (χ0n) is 43.7. The van der Waals surface area contributed by atoms with Crippen LogP contribution in [-0.2, 0) is 38.1 Å². The lowest BCUT2D eigenvalue weighted by Crippen LogP contribution is -2.46. The molecular formula is C51H65N7O17S. The van der Waals surface area contributed by atoms with Crippen molar-refractivity contribution in [2.75, 3.05) is 37.9 Å². The van der Waals surface area contributed by atoms with Gasteiger partial charge in [-0.2, -0.15) is 0 Å². The standard InChI is InChI=1S/C51H65N7O17S/c1-22-12-11-13-23(2)48(67)54-38-42(64)36-35(43(65)46(38)76-17-15-53-33(60)21-71-20-32-30(56-57-52)18-34(74-32)58-19-24(3)49(68)55-50(58)69)37-45(28(7)41(36)63)75-51(9,47(37)66)72-16-14-31(70-10)25(4)44(73-29(8)59)27(6)40(62)26(5)39(22)61/h11-14,16,19,22,25-27,30-32,34,39-40,44,61-65H,15,17-18,20-21H2,1-10H3,(H,53,60)(H,54,67)(H,55,68,69)/b12-11+,16-14+,23-13-/t22-,25+,26+,27+,30-,31-,32+,34+,39-,40+,44+,51-/m0/s1. The lowest BCUT2D eigenvalue weighted by Gasteiger charge is -2.38. The third kappa shape index (κ3) is 12.2. The average Bonchev–Trinajstić information content (AvgIpc) is 3.90. The number of hydrogen-bond donors (Lipinski definition) is 8. The van der Waals surface area contributed by atoms with Crippen LogP contribution in [0.5, 0.6) is 23.0 Å². The highest BCUT2D eigenvalue weighted by atomic mass is 32.2. The van der Waals surface area contributed by atoms with Crippen molar-refractivity contribution in [3.8, 4) is 23.0 Å². The Morgan fingerprint density at radius 1 is 1.00 bits per heavy atom. The van der Waals surface area contributed by atoms with Crippen LogP contribution in [-0.4, -0.2) is 134 Å². The number of H-pyrrole nitrogens is 1. The number of phenolic OH excluding ortho intramolecular Hbond substituents is 3. The van der Waals surface area contributed by atoms with Gasteiger partial charge in [0.25, 0.3) is 17.2 Å². The first-order chi connectivity index (χ1) is 35.9. The highest BCUT2D eigenvalue weighted by molar-refractivity contribution is 7.99. The summed E-state index contributed by atoms with van der Waals surface area (Å²) in [7, 11) is 1.40. The van der Waals surface area contributed by atoms with E-state index >= 15 is 0 Å². The van der Waals surface area contributed by atoms with Gasteiger partial charge in [0.1, 0.15) is 41.9 Å². The van der Waals surface area contributed by atoms with Crippen molar-refractivity contribution in [2.45, 2.75) is 122 Å². The molecule has 2 amide bonds. The van der Waals surface area contributed by atoms with Crippen LogP contribution in [0.4, 0.5) is 5.69 Å². The number of amides is 2. The number of aromatic amines is 1. The van der Waals surface area contributed by atoms with Crippen LogP contribution in [0.15, 0.2) is 61.9 Å². The number of fused-ring (bicyclic) bond motifs is 14. The molecule has 0 aliphatic carbocycles. The predicted octanol–water partition coefficient (Wildman–Crippen LogP) is 4.80. The number of rotatable bonds is 12. The van der Waals surface area contributed by atoms with Crippen molar-refractivity contribution in [1.82, 2.24) is 14.9 Å². The van der Waals surface area contributed by atoms with E-state index in [1.807, 2.05) is 0 Å². The van der Waals surface area contributed by atoms with Gasteiger partial charge >= 0.3 is 17.4 Å². The molecule has 4 aliphatic rings. The number of benzene rings is 2. The number of esters is 1. The van der Waals surface area contributed by atoms with Crippen LogP contribution in [0, 0.1) is 37.5 Å². The number of phenols is 3. The van der Waals surface area contributed by atoms with Crippen molar-refractivity contribution in [3.05, 3.63) is 90.3 Å². The predicted molar refractivity (Wildman–Crippen MR) is 276 cm³/mol. The van der Waals surface area contributed by atoms with E-state index < -0.39 is 136 Å². The Bertz CT molecular complexity index is 3000. The largest absolute Gasteiger partial charge is 0.507 e. The first kappa shape index (κ1) is 58.4. The van der Waals surface area contributed by atoms with Crippen molar-refractivity contribution in [3.63, 3.8) is 0 Å². The first-order valence-electron chi connectivity index (χ1n) is 24.4. The third-order valence-electron chi connectivity index (χ3n) is 14.0. The number of aliphatic hydroxyl groups excluding tert-OH is 2. The first-order valence-corrected chi connectivity index (χ1v) is 25.4. The van der Waals surface area contributed by atoms with E-state index in [-0.39, 0.29) is 69.3 Å². The van der Waals surface area contributed by atoms with Gasteiger partial charge < -0.3 is 64.6 Å². The number of aliphatic hydroxyl groups is 2. The number of hydrogen-bond acceptors (Lipinski definition) is 19. The van der Waals surface area contributed by atoms with Gasteiger partial charge in [-0.05, 0) is 32.4 Å². The minimum atomic E-state index is -2.14. The van der Waals surface area contributed by atoms with Crippen LogP contribution in [0.1, 0.15) is 82.6 Å². The van der Waals surface area contributed by atoms with E-state index in [0.29, 0.717) is 0 Å². The second-order valence-corrected chi connectivity index (χ2v) is 20.5. The van der Waals surface area contributed by atoms with E-state index in [9.17, 15) is 54.3 Å². The minimum absolute atomic E-state index is 0.0196. The number of thioether (sulfide) groups is 1. The van der Waals surface area contributed by atoms with Crippen LogP contribution in [0.2, 0.25) is 0 Å². The van der Waals surface area contributed by atoms with Crippen molar-refractivity contribution in [1.29, 1.82) is 0 Å². The summed E-state index contributed by atoms with van der Waals surface area (Å²) in [6, 6.07) is -0.779. The molecule has 76 heavy (non-hydrogen) atoms. The number of ether oxygens (including phenoxy) is 6. The zero-order chi connectivity index (χ0) is 56.1. The number of nitrogens with one attached hydrogen (secondary N) is 3. The molecule has 24 nitrogen and oxygen atoms in total. The van der Waals surface area contributed by atoms with Crippen molar-refractivity contribution in [2.24, 2.45) is 28.8 Å². The number of carbonyl (C=O) groups is 4. The molecule has 4 aliphatic heterocycles. The van der Waals surface area contributed by atoms with Crippen LogP contribution in [0.3, 0.4) is 0 Å². The molecule has 2 aromatic carbocycles. The smallest absolute Gasteiger partial charge is 0.330 e. The Hall–Kier alpha value is -6.86. The second kappa shape index (κ2) is 24.4. The normalized spacial score (nSPS) is 29.6. The van der Waals surface area contributed by atoms with E-state index in [1.54, 1.807) is 33.8 Å². The van der Waals surface area contributed by atoms with Gasteiger partial charge in [-0.25, -0.2) is 4.79 Å². The molecule has 0 radical (unpaired) electrons. The fourth-order valence-corrected chi connectivity index (χ4v) is 10.5. The Kier molecular flexibility index (Phi) is 18.8. The fourth-order valence-electron chi connectivity index (χ4n) is 9.52. The number of aromatic nitrogens is 2. The zero-order valence-corrected chi connectivity index (χ0v) is 44.5. The molecule has 1 aromatic heterocycles. The van der Waals surface area contributed by atoms with Gasteiger partial charge in [0.15, 0.2) is 5.75 Å². The summed E-state index contributed by atoms with van der Waals surface area (Å²) in [5.74, 6) is -9.84. The molecule has 1 saturated heterocycles. The number of allylic oxidation sites excluding steroid dienone is 2. The Morgan fingerprint density at radius 3 is 2.38 bits per heavy atom. The van der Waals surface area contributed by atoms with Gasteiger partial charge in [-0.15, -0.1) is 11.8 Å².